The molecule has 0 fully saturated rings. The van der Waals surface area contributed by atoms with Gasteiger partial charge in [0, 0.05) is 25.6 Å². The third-order valence-corrected chi connectivity index (χ3v) is 6.24. The second-order valence-corrected chi connectivity index (χ2v) is 7.76. The minimum atomic E-state index is -0.0534. The van der Waals surface area contributed by atoms with Gasteiger partial charge in [0.25, 0.3) is 0 Å². The second kappa shape index (κ2) is 5.21. The fraction of sp³-hybridized carbons (Fsp3) is 0.182. The molecule has 0 N–H and O–H groups in total. The summed E-state index contributed by atoms with van der Waals surface area (Å²) in [6, 6.07) is 13.3. The zero-order chi connectivity index (χ0) is 16.0. The molecule has 23 heavy (non-hydrogen) atoms. The summed E-state index contributed by atoms with van der Waals surface area (Å²) in [6.07, 6.45) is 9.62. The maximum absolute atomic E-state index is 4.31. The molecule has 0 bridgehead atoms. The first-order valence-corrected chi connectivity index (χ1v) is 8.87. The van der Waals surface area contributed by atoms with Crippen LogP contribution >= 0.6 is 11.3 Å². The van der Waals surface area contributed by atoms with Crippen LogP contribution in [0.1, 0.15) is 25.0 Å². The van der Waals surface area contributed by atoms with Crippen LogP contribution < -0.4 is 0 Å². The molecule has 0 nitrogen and oxygen atoms in total. The summed E-state index contributed by atoms with van der Waals surface area (Å²) in [5.74, 6) is 0. The highest BCUT2D eigenvalue weighted by atomic mass is 32.1. The minimum Gasteiger partial charge on any atom is -0.135 e. The summed E-state index contributed by atoms with van der Waals surface area (Å²) < 4.78 is 2.80. The van der Waals surface area contributed by atoms with Crippen LogP contribution in [0.4, 0.5) is 0 Å². The first-order valence-electron chi connectivity index (χ1n) is 8.05. The Labute approximate surface area is 141 Å². The molecule has 0 atom stereocenters. The van der Waals surface area contributed by atoms with Crippen molar-refractivity contribution in [3.8, 4) is 0 Å². The Morgan fingerprint density at radius 2 is 1.83 bits per heavy atom. The molecule has 0 aliphatic heterocycles. The molecule has 0 amide bonds. The average molecular weight is 316 g/mol. The molecule has 1 aliphatic rings. The second-order valence-electron chi connectivity index (χ2n) is 6.71. The predicted molar refractivity (Wildman–Crippen MR) is 103 cm³/mol. The molecule has 1 aromatic heterocycles. The number of allylic oxidation sites excluding steroid dienone is 5. The van der Waals surface area contributed by atoms with Crippen molar-refractivity contribution in [1.82, 2.24) is 0 Å². The standard InChI is InChI=1S/C22H20S/c1-15-9-5-4-6-11-18-19(22(15,2)3)14-13-17-16-10-7-8-12-20(16)23-21(17)18/h4-10,12-14H,1,11H2,2-3H3/b6-4-,9-5-. The van der Waals surface area contributed by atoms with Crippen LogP contribution in [-0.2, 0) is 11.8 Å². The van der Waals surface area contributed by atoms with Crippen molar-refractivity contribution < 1.29 is 0 Å². The molecule has 3 aromatic rings. The molecule has 0 spiro atoms. The zero-order valence-corrected chi connectivity index (χ0v) is 14.4. The van der Waals surface area contributed by atoms with Crippen LogP contribution in [0.2, 0.25) is 0 Å². The van der Waals surface area contributed by atoms with Crippen LogP contribution in [0.15, 0.2) is 72.9 Å². The highest BCUT2D eigenvalue weighted by Gasteiger charge is 2.27. The van der Waals surface area contributed by atoms with Crippen LogP contribution in [-0.4, -0.2) is 0 Å². The first-order chi connectivity index (χ1) is 11.1. The molecule has 114 valence electrons. The smallest absolute Gasteiger partial charge is 0.0393 e. The van der Waals surface area contributed by atoms with Gasteiger partial charge in [0.1, 0.15) is 0 Å². The van der Waals surface area contributed by atoms with Crippen molar-refractivity contribution in [1.29, 1.82) is 0 Å². The highest BCUT2D eigenvalue weighted by molar-refractivity contribution is 7.26. The van der Waals surface area contributed by atoms with Gasteiger partial charge in [-0.2, -0.15) is 0 Å². The van der Waals surface area contributed by atoms with E-state index in [0.717, 1.165) is 12.0 Å². The van der Waals surface area contributed by atoms with Gasteiger partial charge >= 0.3 is 0 Å². The van der Waals surface area contributed by atoms with E-state index in [-0.39, 0.29) is 5.41 Å². The maximum atomic E-state index is 4.31. The summed E-state index contributed by atoms with van der Waals surface area (Å²) >= 11 is 1.92. The zero-order valence-electron chi connectivity index (χ0n) is 13.6. The summed E-state index contributed by atoms with van der Waals surface area (Å²) in [5.41, 5.74) is 3.96. The monoisotopic (exact) mass is 316 g/mol. The molecule has 0 unspecified atom stereocenters. The van der Waals surface area contributed by atoms with Crippen LogP contribution in [0, 0.1) is 0 Å². The van der Waals surface area contributed by atoms with Gasteiger partial charge in [-0.3, -0.25) is 0 Å². The Balaban J connectivity index is 2.09. The summed E-state index contributed by atoms with van der Waals surface area (Å²) in [5, 5.41) is 2.75. The number of hydrogen-bond donors (Lipinski definition) is 0. The van der Waals surface area contributed by atoms with Gasteiger partial charge in [-0.1, -0.05) is 75.1 Å². The topological polar surface area (TPSA) is 0 Å². The Kier molecular flexibility index (Phi) is 3.28. The molecule has 1 heteroatoms. The van der Waals surface area contributed by atoms with E-state index in [4.69, 9.17) is 0 Å². The largest absolute Gasteiger partial charge is 0.135 e. The maximum Gasteiger partial charge on any atom is 0.0393 e. The first kappa shape index (κ1) is 14.5. The van der Waals surface area contributed by atoms with Gasteiger partial charge in [-0.15, -0.1) is 11.3 Å². The van der Waals surface area contributed by atoms with E-state index in [1.54, 1.807) is 0 Å². The SMILES string of the molecule is C=C1/C=C\C=C/Cc2c(ccc3c2sc2ccccc23)C1(C)C. The summed E-state index contributed by atoms with van der Waals surface area (Å²) in [6.45, 7) is 8.88. The summed E-state index contributed by atoms with van der Waals surface area (Å²) in [7, 11) is 0. The number of hydrogen-bond acceptors (Lipinski definition) is 1. The third-order valence-electron chi connectivity index (χ3n) is 4.99. The molecule has 0 saturated heterocycles. The lowest BCUT2D eigenvalue weighted by Crippen LogP contribution is -2.20. The van der Waals surface area contributed by atoms with E-state index >= 15 is 0 Å². The Morgan fingerprint density at radius 3 is 2.70 bits per heavy atom. The van der Waals surface area contributed by atoms with Gasteiger partial charge in [-0.05, 0) is 29.2 Å². The molecule has 0 radical (unpaired) electrons. The summed E-state index contributed by atoms with van der Waals surface area (Å²) in [4.78, 5) is 0. The van der Waals surface area contributed by atoms with E-state index in [9.17, 15) is 0 Å². The highest BCUT2D eigenvalue weighted by Crippen LogP contribution is 2.42. The van der Waals surface area contributed by atoms with E-state index < -0.39 is 0 Å². The Morgan fingerprint density at radius 1 is 1.00 bits per heavy atom. The molecule has 2 aromatic carbocycles. The minimum absolute atomic E-state index is 0.0534. The molecule has 1 aliphatic carbocycles. The lowest BCUT2D eigenvalue weighted by molar-refractivity contribution is 0.637. The fourth-order valence-corrected chi connectivity index (χ4v) is 4.71. The lowest BCUT2D eigenvalue weighted by Gasteiger charge is -2.29. The number of thiophene rings is 1. The normalized spacial score (nSPS) is 19.8. The van der Waals surface area contributed by atoms with Gasteiger partial charge in [0.05, 0.1) is 0 Å². The van der Waals surface area contributed by atoms with Crippen molar-refractivity contribution in [3.63, 3.8) is 0 Å². The number of benzene rings is 2. The predicted octanol–water partition coefficient (Wildman–Crippen LogP) is 6.56. The van der Waals surface area contributed by atoms with Gasteiger partial charge in [0.2, 0.25) is 0 Å². The van der Waals surface area contributed by atoms with E-state index in [0.29, 0.717) is 0 Å². The van der Waals surface area contributed by atoms with Crippen molar-refractivity contribution in [2.45, 2.75) is 25.7 Å². The van der Waals surface area contributed by atoms with Gasteiger partial charge < -0.3 is 0 Å². The fourth-order valence-electron chi connectivity index (χ4n) is 3.45. The Hall–Kier alpha value is -2.12. The number of rotatable bonds is 0. The van der Waals surface area contributed by atoms with Crippen molar-refractivity contribution in [3.05, 3.63) is 84.0 Å². The van der Waals surface area contributed by atoms with Gasteiger partial charge in [0.15, 0.2) is 0 Å². The average Bonchev–Trinajstić information content (AvgIpc) is 2.94. The van der Waals surface area contributed by atoms with Crippen LogP contribution in [0.5, 0.6) is 0 Å². The van der Waals surface area contributed by atoms with E-state index in [1.807, 2.05) is 11.3 Å². The molecule has 0 saturated carbocycles. The lowest BCUT2D eigenvalue weighted by atomic mass is 9.75. The van der Waals surface area contributed by atoms with Gasteiger partial charge in [-0.25, -0.2) is 0 Å². The molecular weight excluding hydrogens is 296 g/mol. The molecular formula is C22H20S. The van der Waals surface area contributed by atoms with Crippen LogP contribution in [0.3, 0.4) is 0 Å². The molecule has 4 rings (SSSR count). The quantitative estimate of drug-likeness (QED) is 0.441. The van der Waals surface area contributed by atoms with Crippen LogP contribution in [0.25, 0.3) is 20.2 Å². The number of fused-ring (bicyclic) bond motifs is 5. The van der Waals surface area contributed by atoms with E-state index in [1.165, 1.54) is 31.3 Å². The van der Waals surface area contributed by atoms with Crippen molar-refractivity contribution in [2.24, 2.45) is 0 Å². The molecule has 1 heterocycles. The van der Waals surface area contributed by atoms with Crippen molar-refractivity contribution >= 4 is 31.5 Å². The Bertz CT molecular complexity index is 980. The third kappa shape index (κ3) is 2.19. The van der Waals surface area contributed by atoms with Crippen molar-refractivity contribution in [2.75, 3.05) is 0 Å². The van der Waals surface area contributed by atoms with E-state index in [2.05, 4.69) is 81.1 Å².